The zero-order chi connectivity index (χ0) is 13.9. The van der Waals surface area contributed by atoms with Gasteiger partial charge in [0, 0.05) is 12.1 Å². The molecule has 1 saturated carbocycles. The highest BCUT2D eigenvalue weighted by molar-refractivity contribution is 5.43. The van der Waals surface area contributed by atoms with E-state index >= 15 is 0 Å². The van der Waals surface area contributed by atoms with Crippen LogP contribution in [0.2, 0.25) is 0 Å². The molecular formula is C16H26N2O. The van der Waals surface area contributed by atoms with Crippen molar-refractivity contribution < 1.29 is 4.74 Å². The first-order chi connectivity index (χ1) is 8.99. The summed E-state index contributed by atoms with van der Waals surface area (Å²) in [7, 11) is 1.64. The van der Waals surface area contributed by atoms with Gasteiger partial charge in [-0.05, 0) is 43.1 Å². The summed E-state index contributed by atoms with van der Waals surface area (Å²) in [6.07, 6.45) is 7.02. The lowest BCUT2D eigenvalue weighted by Crippen LogP contribution is -2.31. The van der Waals surface area contributed by atoms with E-state index < -0.39 is 0 Å². The Bertz CT molecular complexity index is 386. The molecule has 1 N–H and O–H groups in total. The lowest BCUT2D eigenvalue weighted by molar-refractivity contribution is 0.173. The van der Waals surface area contributed by atoms with Gasteiger partial charge in [0.1, 0.15) is 0 Å². The molecule has 0 spiro atoms. The second-order valence-electron chi connectivity index (χ2n) is 6.65. The van der Waals surface area contributed by atoms with E-state index in [1.165, 1.54) is 25.7 Å². The molecule has 0 aliphatic heterocycles. The highest BCUT2D eigenvalue weighted by atomic mass is 16.5. The second kappa shape index (κ2) is 5.81. The van der Waals surface area contributed by atoms with Crippen LogP contribution in [0.1, 0.15) is 46.5 Å². The van der Waals surface area contributed by atoms with E-state index in [1.807, 2.05) is 18.3 Å². The fraction of sp³-hybridized carbons (Fsp3) is 0.688. The Hall–Kier alpha value is -1.25. The summed E-state index contributed by atoms with van der Waals surface area (Å²) in [6, 6.07) is 4.54. The molecule has 1 aromatic rings. The molecule has 1 heterocycles. The van der Waals surface area contributed by atoms with E-state index in [0.717, 1.165) is 11.6 Å². The Morgan fingerprint density at radius 3 is 2.32 bits per heavy atom. The molecule has 3 nitrogen and oxygen atoms in total. The van der Waals surface area contributed by atoms with Crippen molar-refractivity contribution in [2.45, 2.75) is 52.5 Å². The molecule has 1 aliphatic rings. The van der Waals surface area contributed by atoms with Crippen LogP contribution >= 0.6 is 0 Å². The van der Waals surface area contributed by atoms with Crippen molar-refractivity contribution in [1.29, 1.82) is 0 Å². The number of nitrogens with zero attached hydrogens (tertiary/aromatic N) is 1. The van der Waals surface area contributed by atoms with E-state index in [0.29, 0.717) is 17.3 Å². The Kier molecular flexibility index (Phi) is 4.33. The number of ether oxygens (including phenoxy) is 1. The van der Waals surface area contributed by atoms with Gasteiger partial charge < -0.3 is 10.1 Å². The highest BCUT2D eigenvalue weighted by Crippen LogP contribution is 2.38. The highest BCUT2D eigenvalue weighted by Gasteiger charge is 2.29. The summed E-state index contributed by atoms with van der Waals surface area (Å²) >= 11 is 0. The molecule has 0 saturated heterocycles. The van der Waals surface area contributed by atoms with Gasteiger partial charge in [-0.25, -0.2) is 4.98 Å². The molecule has 0 radical (unpaired) electrons. The van der Waals surface area contributed by atoms with Gasteiger partial charge in [0.05, 0.1) is 19.0 Å². The van der Waals surface area contributed by atoms with E-state index in [1.54, 1.807) is 7.11 Å². The van der Waals surface area contributed by atoms with Gasteiger partial charge in [-0.3, -0.25) is 0 Å². The van der Waals surface area contributed by atoms with Gasteiger partial charge in [0.25, 0.3) is 0 Å². The number of rotatable bonds is 3. The molecule has 0 unspecified atom stereocenters. The first-order valence-corrected chi connectivity index (χ1v) is 7.25. The predicted octanol–water partition coefficient (Wildman–Crippen LogP) is 4.11. The fourth-order valence-electron chi connectivity index (χ4n) is 2.93. The number of hydrogen-bond donors (Lipinski definition) is 1. The van der Waals surface area contributed by atoms with Crippen LogP contribution in [0.3, 0.4) is 0 Å². The Balaban J connectivity index is 1.85. The minimum atomic E-state index is 0.451. The molecule has 0 atom stereocenters. The Morgan fingerprint density at radius 1 is 1.16 bits per heavy atom. The molecule has 1 fully saturated rings. The molecule has 1 aromatic heterocycles. The van der Waals surface area contributed by atoms with Crippen molar-refractivity contribution in [3.63, 3.8) is 0 Å². The van der Waals surface area contributed by atoms with Crippen molar-refractivity contribution in [3.8, 4) is 5.88 Å². The maximum Gasteiger partial charge on any atom is 0.213 e. The number of methoxy groups -OCH3 is 1. The van der Waals surface area contributed by atoms with Crippen LogP contribution in [-0.4, -0.2) is 18.1 Å². The average molecular weight is 262 g/mol. The standard InChI is InChI=1S/C16H26N2O/c1-16(2,3)12-5-7-13(8-6-12)18-14-9-10-15(19-4)17-11-14/h9-13,18H,5-8H2,1-4H3. The van der Waals surface area contributed by atoms with Gasteiger partial charge >= 0.3 is 0 Å². The molecule has 2 rings (SSSR count). The van der Waals surface area contributed by atoms with E-state index in [9.17, 15) is 0 Å². The predicted molar refractivity (Wildman–Crippen MR) is 79.6 cm³/mol. The lowest BCUT2D eigenvalue weighted by Gasteiger charge is -2.37. The first-order valence-electron chi connectivity index (χ1n) is 7.25. The monoisotopic (exact) mass is 262 g/mol. The minimum absolute atomic E-state index is 0.451. The number of pyridine rings is 1. The maximum atomic E-state index is 5.07. The van der Waals surface area contributed by atoms with E-state index in [4.69, 9.17) is 4.74 Å². The number of nitrogens with one attached hydrogen (secondary N) is 1. The molecule has 0 aromatic carbocycles. The van der Waals surface area contributed by atoms with Gasteiger partial charge in [0.15, 0.2) is 0 Å². The zero-order valence-corrected chi connectivity index (χ0v) is 12.6. The zero-order valence-electron chi connectivity index (χ0n) is 12.6. The summed E-state index contributed by atoms with van der Waals surface area (Å²) in [5, 5.41) is 3.59. The van der Waals surface area contributed by atoms with Crippen molar-refractivity contribution in [1.82, 2.24) is 4.98 Å². The second-order valence-corrected chi connectivity index (χ2v) is 6.65. The third-order valence-electron chi connectivity index (χ3n) is 4.27. The Morgan fingerprint density at radius 2 is 1.84 bits per heavy atom. The van der Waals surface area contributed by atoms with Crippen molar-refractivity contribution in [2.24, 2.45) is 11.3 Å². The largest absolute Gasteiger partial charge is 0.481 e. The fourth-order valence-corrected chi connectivity index (χ4v) is 2.93. The van der Waals surface area contributed by atoms with Gasteiger partial charge in [-0.1, -0.05) is 20.8 Å². The van der Waals surface area contributed by atoms with Crippen LogP contribution in [-0.2, 0) is 0 Å². The van der Waals surface area contributed by atoms with Crippen LogP contribution in [0.15, 0.2) is 18.3 Å². The number of anilines is 1. The Labute approximate surface area is 116 Å². The summed E-state index contributed by atoms with van der Waals surface area (Å²) in [4.78, 5) is 4.23. The van der Waals surface area contributed by atoms with Gasteiger partial charge in [-0.2, -0.15) is 0 Å². The van der Waals surface area contributed by atoms with Crippen LogP contribution in [0.25, 0.3) is 0 Å². The average Bonchev–Trinajstić information content (AvgIpc) is 2.39. The van der Waals surface area contributed by atoms with Crippen LogP contribution in [0.4, 0.5) is 5.69 Å². The molecule has 3 heteroatoms. The normalized spacial score (nSPS) is 24.0. The number of hydrogen-bond acceptors (Lipinski definition) is 3. The van der Waals surface area contributed by atoms with Crippen molar-refractivity contribution >= 4 is 5.69 Å². The van der Waals surface area contributed by atoms with E-state index in [2.05, 4.69) is 31.1 Å². The molecule has 19 heavy (non-hydrogen) atoms. The quantitative estimate of drug-likeness (QED) is 0.890. The lowest BCUT2D eigenvalue weighted by atomic mass is 9.71. The van der Waals surface area contributed by atoms with E-state index in [-0.39, 0.29) is 0 Å². The maximum absolute atomic E-state index is 5.07. The summed E-state index contributed by atoms with van der Waals surface area (Å²) < 4.78 is 5.07. The molecule has 106 valence electrons. The topological polar surface area (TPSA) is 34.1 Å². The third-order valence-corrected chi connectivity index (χ3v) is 4.27. The van der Waals surface area contributed by atoms with Crippen molar-refractivity contribution in [3.05, 3.63) is 18.3 Å². The van der Waals surface area contributed by atoms with Crippen LogP contribution in [0, 0.1) is 11.3 Å². The first kappa shape index (κ1) is 14.2. The minimum Gasteiger partial charge on any atom is -0.481 e. The SMILES string of the molecule is COc1ccc(NC2CCC(C(C)(C)C)CC2)cn1. The summed E-state index contributed by atoms with van der Waals surface area (Å²) in [6.45, 7) is 7.08. The van der Waals surface area contributed by atoms with Gasteiger partial charge in [0.2, 0.25) is 5.88 Å². The smallest absolute Gasteiger partial charge is 0.213 e. The van der Waals surface area contributed by atoms with Crippen LogP contribution < -0.4 is 10.1 Å². The van der Waals surface area contributed by atoms with Crippen molar-refractivity contribution in [2.75, 3.05) is 12.4 Å². The van der Waals surface area contributed by atoms with Gasteiger partial charge in [-0.15, -0.1) is 0 Å². The molecular weight excluding hydrogens is 236 g/mol. The molecule has 1 aliphatic carbocycles. The van der Waals surface area contributed by atoms with Crippen LogP contribution in [0.5, 0.6) is 5.88 Å². The number of aromatic nitrogens is 1. The third kappa shape index (κ3) is 3.85. The summed E-state index contributed by atoms with van der Waals surface area (Å²) in [5.74, 6) is 1.53. The molecule has 0 bridgehead atoms. The summed E-state index contributed by atoms with van der Waals surface area (Å²) in [5.41, 5.74) is 1.55. The molecule has 0 amide bonds.